The zero-order chi connectivity index (χ0) is 17.9. The van der Waals surface area contributed by atoms with Crippen LogP contribution in [-0.2, 0) is 11.3 Å². The third-order valence-electron chi connectivity index (χ3n) is 4.69. The lowest BCUT2D eigenvalue weighted by molar-refractivity contribution is 0.0468. The summed E-state index contributed by atoms with van der Waals surface area (Å²) < 4.78 is 6.01. The highest BCUT2D eigenvalue weighted by molar-refractivity contribution is 5.79. The molecule has 0 heterocycles. The molecule has 2 rings (SSSR count). The number of nitrogens with zero attached hydrogens (tertiary/aromatic N) is 2. The summed E-state index contributed by atoms with van der Waals surface area (Å²) >= 11 is 0. The summed E-state index contributed by atoms with van der Waals surface area (Å²) in [5.41, 5.74) is 2.45. The molecule has 0 aliphatic heterocycles. The first-order chi connectivity index (χ1) is 12.2. The summed E-state index contributed by atoms with van der Waals surface area (Å²) in [5.74, 6) is 0.821. The highest BCUT2D eigenvalue weighted by atomic mass is 16.5. The maximum Gasteiger partial charge on any atom is 0.191 e. The number of rotatable bonds is 7. The van der Waals surface area contributed by atoms with E-state index < -0.39 is 0 Å². The average molecular weight is 347 g/mol. The lowest BCUT2D eigenvalue weighted by atomic mass is 10.1. The van der Waals surface area contributed by atoms with Gasteiger partial charge < -0.3 is 20.3 Å². The smallest absolute Gasteiger partial charge is 0.191 e. The van der Waals surface area contributed by atoms with E-state index in [1.807, 2.05) is 0 Å². The van der Waals surface area contributed by atoms with E-state index in [1.165, 1.54) is 49.8 Å². The predicted octanol–water partition coefficient (Wildman–Crippen LogP) is 3.16. The Balaban J connectivity index is 1.64. The molecule has 2 N–H and O–H groups in total. The van der Waals surface area contributed by atoms with Crippen molar-refractivity contribution in [2.75, 3.05) is 39.2 Å². The minimum absolute atomic E-state index is 0.453. The molecular weight excluding hydrogens is 312 g/mol. The van der Waals surface area contributed by atoms with Gasteiger partial charge in [0.25, 0.3) is 0 Å². The van der Waals surface area contributed by atoms with E-state index in [0.717, 1.165) is 25.7 Å². The Morgan fingerprint density at radius 3 is 2.36 bits per heavy atom. The Bertz CT molecular complexity index is 505. The van der Waals surface area contributed by atoms with Gasteiger partial charge in [0, 0.05) is 39.9 Å². The van der Waals surface area contributed by atoms with E-state index in [-0.39, 0.29) is 0 Å². The van der Waals surface area contributed by atoms with Crippen LogP contribution in [0.1, 0.15) is 44.1 Å². The number of aliphatic imine (C=N–C) groups is 1. The van der Waals surface area contributed by atoms with Gasteiger partial charge in [0.05, 0.1) is 12.7 Å². The number of nitrogens with one attached hydrogen (secondary N) is 2. The fourth-order valence-electron chi connectivity index (χ4n) is 3.12. The molecule has 5 heteroatoms. The lowest BCUT2D eigenvalue weighted by Crippen LogP contribution is -2.38. The first-order valence-corrected chi connectivity index (χ1v) is 9.51. The van der Waals surface area contributed by atoms with Crippen LogP contribution in [0.4, 0.5) is 5.69 Å². The fourth-order valence-corrected chi connectivity index (χ4v) is 3.12. The summed E-state index contributed by atoms with van der Waals surface area (Å²) in [5, 5.41) is 6.68. The number of benzene rings is 1. The molecule has 0 unspecified atom stereocenters. The first-order valence-electron chi connectivity index (χ1n) is 9.51. The summed E-state index contributed by atoms with van der Waals surface area (Å²) in [6.07, 6.45) is 8.25. The predicted molar refractivity (Wildman–Crippen MR) is 106 cm³/mol. The molecule has 1 fully saturated rings. The van der Waals surface area contributed by atoms with Crippen LogP contribution in [0.25, 0.3) is 0 Å². The highest BCUT2D eigenvalue weighted by Gasteiger charge is 2.12. The molecule has 140 valence electrons. The van der Waals surface area contributed by atoms with Crippen molar-refractivity contribution in [3.05, 3.63) is 29.8 Å². The third kappa shape index (κ3) is 7.34. The Morgan fingerprint density at radius 2 is 1.76 bits per heavy atom. The van der Waals surface area contributed by atoms with Gasteiger partial charge in [-0.3, -0.25) is 4.99 Å². The summed E-state index contributed by atoms with van der Waals surface area (Å²) in [4.78, 5) is 6.38. The quantitative estimate of drug-likeness (QED) is 0.345. The van der Waals surface area contributed by atoms with Gasteiger partial charge in [-0.05, 0) is 30.5 Å². The Kier molecular flexibility index (Phi) is 8.60. The molecule has 0 spiro atoms. The van der Waals surface area contributed by atoms with E-state index >= 15 is 0 Å². The second kappa shape index (κ2) is 11.0. The summed E-state index contributed by atoms with van der Waals surface area (Å²) in [6.45, 7) is 2.29. The van der Waals surface area contributed by atoms with Gasteiger partial charge >= 0.3 is 0 Å². The second-order valence-electron chi connectivity index (χ2n) is 6.90. The minimum atomic E-state index is 0.453. The molecule has 1 aromatic rings. The lowest BCUT2D eigenvalue weighted by Gasteiger charge is -2.17. The van der Waals surface area contributed by atoms with Crippen LogP contribution in [0.2, 0.25) is 0 Å². The summed E-state index contributed by atoms with van der Waals surface area (Å²) in [6, 6.07) is 8.55. The van der Waals surface area contributed by atoms with E-state index in [9.17, 15) is 0 Å². The van der Waals surface area contributed by atoms with Crippen molar-refractivity contribution in [3.8, 4) is 0 Å². The van der Waals surface area contributed by atoms with Gasteiger partial charge in [-0.15, -0.1) is 0 Å². The van der Waals surface area contributed by atoms with Crippen LogP contribution in [0.5, 0.6) is 0 Å². The highest BCUT2D eigenvalue weighted by Crippen LogP contribution is 2.19. The van der Waals surface area contributed by atoms with Crippen LogP contribution in [-0.4, -0.2) is 46.4 Å². The molecule has 1 aliphatic rings. The monoisotopic (exact) mass is 346 g/mol. The zero-order valence-corrected chi connectivity index (χ0v) is 16.1. The van der Waals surface area contributed by atoms with Gasteiger partial charge in [-0.2, -0.15) is 0 Å². The zero-order valence-electron chi connectivity index (χ0n) is 16.1. The fraction of sp³-hybridized carbons (Fsp3) is 0.650. The molecular formula is C20H34N4O. The molecule has 5 nitrogen and oxygen atoms in total. The van der Waals surface area contributed by atoms with Gasteiger partial charge in [-0.25, -0.2) is 0 Å². The molecule has 1 saturated carbocycles. The number of guanidine groups is 1. The third-order valence-corrected chi connectivity index (χ3v) is 4.69. The number of hydrogen-bond donors (Lipinski definition) is 2. The van der Waals surface area contributed by atoms with E-state index in [0.29, 0.717) is 6.10 Å². The van der Waals surface area contributed by atoms with Crippen molar-refractivity contribution < 1.29 is 4.74 Å². The molecule has 0 radical (unpaired) electrons. The first kappa shape index (κ1) is 19.6. The van der Waals surface area contributed by atoms with E-state index in [1.54, 1.807) is 7.05 Å². The largest absolute Gasteiger partial charge is 0.378 e. The number of ether oxygens (including phenoxy) is 1. The number of anilines is 1. The average Bonchev–Trinajstić information content (AvgIpc) is 2.90. The Hall–Kier alpha value is -1.75. The van der Waals surface area contributed by atoms with Crippen LogP contribution >= 0.6 is 0 Å². The van der Waals surface area contributed by atoms with Crippen molar-refractivity contribution in [2.24, 2.45) is 4.99 Å². The molecule has 1 aliphatic carbocycles. The molecule has 1 aromatic carbocycles. The van der Waals surface area contributed by atoms with Crippen molar-refractivity contribution in [1.29, 1.82) is 0 Å². The standard InChI is InChI=1S/C20H34N4O/c1-21-20(22-14-15-25-19-8-6-4-5-7-9-19)23-16-17-10-12-18(13-11-17)24(2)3/h10-13,19H,4-9,14-16H2,1-3H3,(H2,21,22,23). The Morgan fingerprint density at radius 1 is 1.08 bits per heavy atom. The van der Waals surface area contributed by atoms with Crippen LogP contribution in [0.15, 0.2) is 29.3 Å². The SMILES string of the molecule is CN=C(NCCOC1CCCCCC1)NCc1ccc(N(C)C)cc1. The molecule has 0 saturated heterocycles. The molecule has 0 aromatic heterocycles. The van der Waals surface area contributed by atoms with Gasteiger partial charge in [-0.1, -0.05) is 37.8 Å². The van der Waals surface area contributed by atoms with Crippen LogP contribution in [0.3, 0.4) is 0 Å². The second-order valence-corrected chi connectivity index (χ2v) is 6.90. The van der Waals surface area contributed by atoms with E-state index in [2.05, 4.69) is 58.9 Å². The molecule has 25 heavy (non-hydrogen) atoms. The topological polar surface area (TPSA) is 48.9 Å². The van der Waals surface area contributed by atoms with Crippen molar-refractivity contribution >= 4 is 11.6 Å². The van der Waals surface area contributed by atoms with Crippen molar-refractivity contribution in [2.45, 2.75) is 51.2 Å². The molecule has 0 amide bonds. The van der Waals surface area contributed by atoms with E-state index in [4.69, 9.17) is 4.74 Å². The van der Waals surface area contributed by atoms with Crippen molar-refractivity contribution in [1.82, 2.24) is 10.6 Å². The maximum atomic E-state index is 6.01. The Labute approximate surface area is 152 Å². The molecule has 0 atom stereocenters. The number of hydrogen-bond acceptors (Lipinski definition) is 3. The van der Waals surface area contributed by atoms with Gasteiger partial charge in [0.2, 0.25) is 0 Å². The van der Waals surface area contributed by atoms with Crippen molar-refractivity contribution in [3.63, 3.8) is 0 Å². The summed E-state index contributed by atoms with van der Waals surface area (Å²) in [7, 11) is 5.91. The normalized spacial score (nSPS) is 16.4. The van der Waals surface area contributed by atoms with Gasteiger partial charge in [0.1, 0.15) is 0 Å². The van der Waals surface area contributed by atoms with Crippen LogP contribution in [0, 0.1) is 0 Å². The minimum Gasteiger partial charge on any atom is -0.378 e. The van der Waals surface area contributed by atoms with Crippen LogP contribution < -0.4 is 15.5 Å². The molecule has 0 bridgehead atoms. The van der Waals surface area contributed by atoms with Gasteiger partial charge in [0.15, 0.2) is 5.96 Å². The maximum absolute atomic E-state index is 6.01.